The Hall–Kier alpha value is -2.72. The minimum absolute atomic E-state index is 0.254. The molecule has 156 valence electrons. The second-order valence-corrected chi connectivity index (χ2v) is 8.50. The molecule has 30 heavy (non-hydrogen) atoms. The lowest BCUT2D eigenvalue weighted by Gasteiger charge is -2.32. The maximum atomic E-state index is 12.8. The van der Waals surface area contributed by atoms with Gasteiger partial charge < -0.3 is 9.80 Å². The molecule has 0 unspecified atom stereocenters. The molecule has 1 saturated heterocycles. The van der Waals surface area contributed by atoms with Crippen molar-refractivity contribution in [2.24, 2.45) is 5.92 Å². The summed E-state index contributed by atoms with van der Waals surface area (Å²) in [6.07, 6.45) is 5.82. The van der Waals surface area contributed by atoms with Gasteiger partial charge in [-0.2, -0.15) is 0 Å². The van der Waals surface area contributed by atoms with Crippen molar-refractivity contribution < 1.29 is 4.79 Å². The fourth-order valence-corrected chi connectivity index (χ4v) is 4.33. The summed E-state index contributed by atoms with van der Waals surface area (Å²) in [5.74, 6) is 0.762. The van der Waals surface area contributed by atoms with Crippen LogP contribution in [0.25, 0.3) is 10.9 Å². The first-order chi connectivity index (χ1) is 14.7. The number of carbonyl (C=O) groups excluding carboxylic acids is 1. The molecule has 4 nitrogen and oxygen atoms in total. The van der Waals surface area contributed by atoms with Crippen molar-refractivity contribution in [3.8, 4) is 0 Å². The van der Waals surface area contributed by atoms with Crippen LogP contribution < -0.4 is 0 Å². The van der Waals surface area contributed by atoms with E-state index in [0.717, 1.165) is 55.4 Å². The maximum Gasteiger partial charge on any atom is 0.222 e. The molecule has 0 saturated carbocycles. The van der Waals surface area contributed by atoms with Crippen LogP contribution in [0.15, 0.2) is 66.9 Å². The normalized spacial score (nSPS) is 15.4. The van der Waals surface area contributed by atoms with Crippen LogP contribution >= 0.6 is 0 Å². The third-order valence-corrected chi connectivity index (χ3v) is 6.24. The Morgan fingerprint density at radius 3 is 2.63 bits per heavy atom. The van der Waals surface area contributed by atoms with E-state index in [9.17, 15) is 4.79 Å². The Morgan fingerprint density at radius 1 is 1.03 bits per heavy atom. The van der Waals surface area contributed by atoms with Gasteiger partial charge in [-0.1, -0.05) is 42.5 Å². The van der Waals surface area contributed by atoms with E-state index in [2.05, 4.69) is 58.4 Å². The molecule has 4 rings (SSSR count). The third kappa shape index (κ3) is 5.45. The Bertz CT molecular complexity index is 964. The molecule has 2 aromatic carbocycles. The number of piperidine rings is 1. The highest BCUT2D eigenvalue weighted by atomic mass is 16.2. The molecule has 1 aromatic heterocycles. The number of pyridine rings is 1. The molecule has 2 heterocycles. The largest absolute Gasteiger partial charge is 0.341 e. The first-order valence-electron chi connectivity index (χ1n) is 11.0. The number of aromatic nitrogens is 1. The molecular weight excluding hydrogens is 370 g/mol. The molecular formula is C26H31N3O. The molecule has 3 aromatic rings. The Balaban J connectivity index is 1.22. The zero-order valence-corrected chi connectivity index (χ0v) is 17.8. The number of likely N-dealkylation sites (tertiary alicyclic amines) is 1. The highest BCUT2D eigenvalue weighted by Crippen LogP contribution is 2.22. The number of hydrogen-bond acceptors (Lipinski definition) is 3. The van der Waals surface area contributed by atoms with Gasteiger partial charge >= 0.3 is 0 Å². The maximum absolute atomic E-state index is 12.8. The summed E-state index contributed by atoms with van der Waals surface area (Å²) in [5, 5.41) is 1.12. The molecule has 0 bridgehead atoms. The summed E-state index contributed by atoms with van der Waals surface area (Å²) in [6, 6.07) is 21.0. The van der Waals surface area contributed by atoms with Gasteiger partial charge in [0.2, 0.25) is 5.91 Å². The van der Waals surface area contributed by atoms with Crippen molar-refractivity contribution in [2.75, 3.05) is 26.7 Å². The topological polar surface area (TPSA) is 36.4 Å². The molecule has 0 N–H and O–H groups in total. The minimum atomic E-state index is 0.254. The van der Waals surface area contributed by atoms with E-state index < -0.39 is 0 Å². The van der Waals surface area contributed by atoms with Crippen molar-refractivity contribution in [1.29, 1.82) is 0 Å². The van der Waals surface area contributed by atoms with Crippen LogP contribution in [0.1, 0.15) is 30.4 Å². The number of rotatable bonds is 7. The lowest BCUT2D eigenvalue weighted by atomic mass is 9.92. The van der Waals surface area contributed by atoms with E-state index in [1.165, 1.54) is 5.56 Å². The van der Waals surface area contributed by atoms with Crippen molar-refractivity contribution in [3.63, 3.8) is 0 Å². The van der Waals surface area contributed by atoms with E-state index in [4.69, 9.17) is 0 Å². The van der Waals surface area contributed by atoms with Crippen LogP contribution in [0, 0.1) is 5.92 Å². The number of hydrogen-bond donors (Lipinski definition) is 0. The predicted octanol–water partition coefficient (Wildman–Crippen LogP) is 4.54. The summed E-state index contributed by atoms with van der Waals surface area (Å²) < 4.78 is 0. The number of benzene rings is 2. The van der Waals surface area contributed by atoms with Crippen LogP contribution in [0.4, 0.5) is 0 Å². The number of amides is 1. The summed E-state index contributed by atoms with van der Waals surface area (Å²) in [5.41, 5.74) is 3.55. The number of nitrogens with zero attached hydrogens (tertiary/aromatic N) is 3. The minimum Gasteiger partial charge on any atom is -0.341 e. The molecule has 1 fully saturated rings. The van der Waals surface area contributed by atoms with E-state index in [1.54, 1.807) is 0 Å². The van der Waals surface area contributed by atoms with Crippen LogP contribution in [0.2, 0.25) is 0 Å². The monoisotopic (exact) mass is 401 g/mol. The lowest BCUT2D eigenvalue weighted by molar-refractivity contribution is -0.131. The quantitative estimate of drug-likeness (QED) is 0.583. The molecule has 0 atom stereocenters. The molecule has 1 amide bonds. The summed E-state index contributed by atoms with van der Waals surface area (Å²) in [7, 11) is 1.92. The molecule has 0 aliphatic carbocycles. The first kappa shape index (κ1) is 20.5. The fraction of sp³-hybridized carbons (Fsp3) is 0.385. The van der Waals surface area contributed by atoms with Gasteiger partial charge in [0.25, 0.3) is 0 Å². The van der Waals surface area contributed by atoms with Crippen LogP contribution in [-0.2, 0) is 17.8 Å². The zero-order valence-electron chi connectivity index (χ0n) is 17.8. The van der Waals surface area contributed by atoms with Crippen molar-refractivity contribution >= 4 is 16.8 Å². The van der Waals surface area contributed by atoms with Gasteiger partial charge in [-0.3, -0.25) is 9.78 Å². The van der Waals surface area contributed by atoms with Crippen molar-refractivity contribution in [1.82, 2.24) is 14.8 Å². The SMILES string of the molecule is CN(Cc1ccc2ncccc2c1)C(=O)CC1CCN(CCc2ccccc2)CC1. The van der Waals surface area contributed by atoms with E-state index in [1.807, 2.05) is 30.3 Å². The molecule has 4 heteroatoms. The summed E-state index contributed by atoms with van der Waals surface area (Å²) in [4.78, 5) is 21.6. The molecule has 0 spiro atoms. The Kier molecular flexibility index (Phi) is 6.75. The zero-order chi connectivity index (χ0) is 20.8. The second-order valence-electron chi connectivity index (χ2n) is 8.50. The average Bonchev–Trinajstić information content (AvgIpc) is 2.79. The van der Waals surface area contributed by atoms with Gasteiger partial charge in [0.15, 0.2) is 0 Å². The van der Waals surface area contributed by atoms with Gasteiger partial charge in [0.05, 0.1) is 5.52 Å². The van der Waals surface area contributed by atoms with Gasteiger partial charge in [-0.05, 0) is 67.6 Å². The lowest BCUT2D eigenvalue weighted by Crippen LogP contribution is -2.37. The van der Waals surface area contributed by atoms with Gasteiger partial charge in [0.1, 0.15) is 0 Å². The van der Waals surface area contributed by atoms with E-state index in [-0.39, 0.29) is 5.91 Å². The smallest absolute Gasteiger partial charge is 0.222 e. The molecule has 1 aliphatic rings. The Morgan fingerprint density at radius 2 is 1.83 bits per heavy atom. The highest BCUT2D eigenvalue weighted by Gasteiger charge is 2.22. The number of carbonyl (C=O) groups is 1. The standard InChI is InChI=1S/C26H31N3O/c1-28(20-23-9-10-25-24(18-23)8-5-14-27-25)26(30)19-22-12-16-29(17-13-22)15-11-21-6-3-2-4-7-21/h2-10,14,18,22H,11-13,15-17,19-20H2,1H3. The van der Waals surface area contributed by atoms with E-state index >= 15 is 0 Å². The molecule has 0 radical (unpaired) electrons. The van der Waals surface area contributed by atoms with Gasteiger partial charge in [-0.25, -0.2) is 0 Å². The predicted molar refractivity (Wildman–Crippen MR) is 122 cm³/mol. The average molecular weight is 402 g/mol. The van der Waals surface area contributed by atoms with Crippen molar-refractivity contribution in [2.45, 2.75) is 32.2 Å². The highest BCUT2D eigenvalue weighted by molar-refractivity contribution is 5.79. The Labute approximate surface area is 179 Å². The molecule has 1 aliphatic heterocycles. The van der Waals surface area contributed by atoms with Gasteiger partial charge in [0, 0.05) is 38.1 Å². The van der Waals surface area contributed by atoms with Gasteiger partial charge in [-0.15, -0.1) is 0 Å². The number of fused-ring (bicyclic) bond motifs is 1. The van der Waals surface area contributed by atoms with Crippen LogP contribution in [0.5, 0.6) is 0 Å². The van der Waals surface area contributed by atoms with E-state index in [0.29, 0.717) is 18.9 Å². The summed E-state index contributed by atoms with van der Waals surface area (Å²) in [6.45, 7) is 3.97. The van der Waals surface area contributed by atoms with Crippen molar-refractivity contribution in [3.05, 3.63) is 78.0 Å². The van der Waals surface area contributed by atoms with Crippen LogP contribution in [-0.4, -0.2) is 47.4 Å². The third-order valence-electron chi connectivity index (χ3n) is 6.24. The summed E-state index contributed by atoms with van der Waals surface area (Å²) >= 11 is 0. The first-order valence-corrected chi connectivity index (χ1v) is 11.0. The fourth-order valence-electron chi connectivity index (χ4n) is 4.33. The second kappa shape index (κ2) is 9.86. The van der Waals surface area contributed by atoms with Crippen LogP contribution in [0.3, 0.4) is 0 Å².